The van der Waals surface area contributed by atoms with Crippen LogP contribution in [-0.2, 0) is 9.59 Å². The van der Waals surface area contributed by atoms with Crippen molar-refractivity contribution in [3.05, 3.63) is 77.5 Å². The third-order valence-electron chi connectivity index (χ3n) is 4.55. The van der Waals surface area contributed by atoms with E-state index in [-0.39, 0.29) is 12.5 Å². The summed E-state index contributed by atoms with van der Waals surface area (Å²) in [6.07, 6.45) is 4.72. The molecule has 0 aliphatic rings. The molecule has 2 N–H and O–H groups in total. The predicted molar refractivity (Wildman–Crippen MR) is 118 cm³/mol. The Morgan fingerprint density at radius 3 is 2.70 bits per heavy atom. The maximum Gasteiger partial charge on any atom is 0.276 e. The molecule has 0 saturated heterocycles. The Balaban J connectivity index is 1.53. The normalized spacial score (nSPS) is 11.1. The van der Waals surface area contributed by atoms with E-state index in [9.17, 15) is 9.59 Å². The number of ether oxygens (including phenoxy) is 1. The largest absolute Gasteiger partial charge is 0.483 e. The number of fused-ring (bicyclic) bond motifs is 1. The lowest BCUT2D eigenvalue weighted by atomic mass is 10.0. The molecule has 0 spiro atoms. The molecule has 3 aromatic rings. The van der Waals surface area contributed by atoms with Crippen molar-refractivity contribution in [1.82, 2.24) is 15.8 Å². The van der Waals surface area contributed by atoms with Gasteiger partial charge in [0.05, 0.1) is 5.52 Å². The number of aryl methyl sites for hydroxylation is 1. The van der Waals surface area contributed by atoms with Crippen LogP contribution in [0.5, 0.6) is 5.75 Å². The number of amides is 2. The number of para-hydroxylation sites is 1. The van der Waals surface area contributed by atoms with E-state index in [1.165, 1.54) is 6.08 Å². The van der Waals surface area contributed by atoms with Crippen LogP contribution < -0.4 is 15.6 Å². The lowest BCUT2D eigenvalue weighted by Gasteiger charge is -2.14. The van der Waals surface area contributed by atoms with Gasteiger partial charge in [-0.1, -0.05) is 50.2 Å². The van der Waals surface area contributed by atoms with Crippen LogP contribution in [0.15, 0.2) is 60.8 Å². The minimum atomic E-state index is -0.449. The summed E-state index contributed by atoms with van der Waals surface area (Å²) in [4.78, 5) is 28.4. The molecule has 0 fully saturated rings. The van der Waals surface area contributed by atoms with E-state index < -0.39 is 11.8 Å². The molecule has 3 rings (SSSR count). The Morgan fingerprint density at radius 2 is 1.90 bits per heavy atom. The molecule has 2 aromatic carbocycles. The average Bonchev–Trinajstić information content (AvgIpc) is 2.74. The van der Waals surface area contributed by atoms with Gasteiger partial charge in [-0.05, 0) is 42.2 Å². The van der Waals surface area contributed by atoms with Crippen LogP contribution >= 0.6 is 0 Å². The maximum atomic E-state index is 12.1. The predicted octanol–water partition coefficient (Wildman–Crippen LogP) is 3.91. The summed E-state index contributed by atoms with van der Waals surface area (Å²) >= 11 is 0. The SMILES string of the molecule is Cc1ccc(C(C)C)c(OCC(=O)NNC(=O)/C=C/c2cccc3cccnc23)c1. The van der Waals surface area contributed by atoms with Gasteiger partial charge in [-0.15, -0.1) is 0 Å². The summed E-state index contributed by atoms with van der Waals surface area (Å²) in [6, 6.07) is 15.5. The van der Waals surface area contributed by atoms with Crippen LogP contribution in [0.2, 0.25) is 0 Å². The summed E-state index contributed by atoms with van der Waals surface area (Å²) in [5.74, 6) is 0.0568. The molecule has 2 amide bonds. The van der Waals surface area contributed by atoms with Crippen molar-refractivity contribution in [2.24, 2.45) is 0 Å². The van der Waals surface area contributed by atoms with Gasteiger partial charge in [-0.2, -0.15) is 0 Å². The van der Waals surface area contributed by atoms with Crippen LogP contribution in [0.4, 0.5) is 0 Å². The van der Waals surface area contributed by atoms with Gasteiger partial charge in [-0.25, -0.2) is 0 Å². The van der Waals surface area contributed by atoms with E-state index in [0.717, 1.165) is 27.6 Å². The monoisotopic (exact) mass is 403 g/mol. The quantitative estimate of drug-likeness (QED) is 0.483. The molecular formula is C24H25N3O3. The molecule has 0 aliphatic heterocycles. The van der Waals surface area contributed by atoms with Crippen LogP contribution in [0.25, 0.3) is 17.0 Å². The van der Waals surface area contributed by atoms with Gasteiger partial charge in [0.2, 0.25) is 0 Å². The van der Waals surface area contributed by atoms with Gasteiger partial charge in [0, 0.05) is 23.2 Å². The lowest BCUT2D eigenvalue weighted by Crippen LogP contribution is -2.43. The Morgan fingerprint density at radius 1 is 1.10 bits per heavy atom. The number of pyridine rings is 1. The highest BCUT2D eigenvalue weighted by Crippen LogP contribution is 2.27. The number of hydrogen-bond acceptors (Lipinski definition) is 4. The van der Waals surface area contributed by atoms with Gasteiger partial charge in [0.15, 0.2) is 6.61 Å². The van der Waals surface area contributed by atoms with Crippen molar-refractivity contribution in [1.29, 1.82) is 0 Å². The van der Waals surface area contributed by atoms with Gasteiger partial charge in [-0.3, -0.25) is 25.4 Å². The minimum absolute atomic E-state index is 0.194. The molecule has 1 aromatic heterocycles. The van der Waals surface area contributed by atoms with Crippen LogP contribution in [0.1, 0.15) is 36.5 Å². The number of rotatable bonds is 6. The molecule has 0 radical (unpaired) electrons. The summed E-state index contributed by atoms with van der Waals surface area (Å²) in [5.41, 5.74) is 8.43. The van der Waals surface area contributed by atoms with E-state index in [0.29, 0.717) is 5.75 Å². The number of benzene rings is 2. The molecule has 1 heterocycles. The zero-order valence-electron chi connectivity index (χ0n) is 17.3. The van der Waals surface area contributed by atoms with Crippen molar-refractivity contribution in [3.63, 3.8) is 0 Å². The van der Waals surface area contributed by atoms with E-state index in [2.05, 4.69) is 29.7 Å². The standard InChI is InChI=1S/C24H25N3O3/c1-16(2)20-11-9-17(3)14-21(20)30-15-23(29)27-26-22(28)12-10-19-7-4-6-18-8-5-13-25-24(18)19/h4-14,16H,15H2,1-3H3,(H,26,28)(H,27,29)/b12-10+. The number of carbonyl (C=O) groups is 2. The maximum absolute atomic E-state index is 12.1. The van der Waals surface area contributed by atoms with Crippen molar-refractivity contribution in [2.75, 3.05) is 6.61 Å². The van der Waals surface area contributed by atoms with E-state index in [4.69, 9.17) is 4.74 Å². The number of hydrazine groups is 1. The molecule has 30 heavy (non-hydrogen) atoms. The molecule has 0 atom stereocenters. The third-order valence-corrected chi connectivity index (χ3v) is 4.55. The number of carbonyl (C=O) groups excluding carboxylic acids is 2. The number of nitrogens with one attached hydrogen (secondary N) is 2. The Kier molecular flexibility index (Phi) is 6.80. The number of hydrogen-bond donors (Lipinski definition) is 2. The van der Waals surface area contributed by atoms with Crippen molar-refractivity contribution < 1.29 is 14.3 Å². The summed E-state index contributed by atoms with van der Waals surface area (Å²) < 4.78 is 5.66. The first-order valence-corrected chi connectivity index (χ1v) is 9.78. The molecule has 0 unspecified atom stereocenters. The van der Waals surface area contributed by atoms with Crippen LogP contribution in [0, 0.1) is 6.92 Å². The Hall–Kier alpha value is -3.67. The molecule has 0 bridgehead atoms. The molecular weight excluding hydrogens is 378 g/mol. The highest BCUT2D eigenvalue weighted by molar-refractivity contribution is 5.96. The fraction of sp³-hybridized carbons (Fsp3) is 0.208. The van der Waals surface area contributed by atoms with E-state index >= 15 is 0 Å². The summed E-state index contributed by atoms with van der Waals surface area (Å²) in [7, 11) is 0. The Bertz CT molecular complexity index is 1080. The first-order chi connectivity index (χ1) is 14.4. The molecule has 6 heteroatoms. The van der Waals surface area contributed by atoms with Crippen LogP contribution in [0.3, 0.4) is 0 Å². The highest BCUT2D eigenvalue weighted by atomic mass is 16.5. The highest BCUT2D eigenvalue weighted by Gasteiger charge is 2.10. The van der Waals surface area contributed by atoms with E-state index in [1.807, 2.05) is 55.5 Å². The van der Waals surface area contributed by atoms with Gasteiger partial charge in [0.1, 0.15) is 5.75 Å². The fourth-order valence-corrected chi connectivity index (χ4v) is 3.02. The van der Waals surface area contributed by atoms with Crippen molar-refractivity contribution in [2.45, 2.75) is 26.7 Å². The second-order valence-electron chi connectivity index (χ2n) is 7.28. The Labute approximate surface area is 175 Å². The average molecular weight is 403 g/mol. The van der Waals surface area contributed by atoms with Crippen molar-refractivity contribution in [3.8, 4) is 5.75 Å². The lowest BCUT2D eigenvalue weighted by molar-refractivity contribution is -0.128. The minimum Gasteiger partial charge on any atom is -0.483 e. The molecule has 0 aliphatic carbocycles. The smallest absolute Gasteiger partial charge is 0.276 e. The zero-order chi connectivity index (χ0) is 21.5. The van der Waals surface area contributed by atoms with Crippen molar-refractivity contribution >= 4 is 28.8 Å². The van der Waals surface area contributed by atoms with Gasteiger partial charge in [0.25, 0.3) is 11.8 Å². The zero-order valence-corrected chi connectivity index (χ0v) is 17.3. The number of aromatic nitrogens is 1. The third kappa shape index (κ3) is 5.44. The first-order valence-electron chi connectivity index (χ1n) is 9.78. The summed E-state index contributed by atoms with van der Waals surface area (Å²) in [6.45, 7) is 5.90. The van der Waals surface area contributed by atoms with Gasteiger partial charge >= 0.3 is 0 Å². The number of nitrogens with zero attached hydrogens (tertiary/aromatic N) is 1. The molecule has 0 saturated carbocycles. The summed E-state index contributed by atoms with van der Waals surface area (Å²) in [5, 5.41) is 0.988. The fourth-order valence-electron chi connectivity index (χ4n) is 3.02. The van der Waals surface area contributed by atoms with Crippen LogP contribution in [-0.4, -0.2) is 23.4 Å². The topological polar surface area (TPSA) is 80.3 Å². The first kappa shape index (κ1) is 21.0. The second kappa shape index (κ2) is 9.69. The van der Waals surface area contributed by atoms with Gasteiger partial charge < -0.3 is 4.74 Å². The molecule has 154 valence electrons. The molecule has 6 nitrogen and oxygen atoms in total. The van der Waals surface area contributed by atoms with E-state index in [1.54, 1.807) is 12.3 Å². The second-order valence-corrected chi connectivity index (χ2v) is 7.28.